The summed E-state index contributed by atoms with van der Waals surface area (Å²) in [4.78, 5) is 9.07. The molecule has 0 amide bonds. The minimum absolute atomic E-state index is 0.309. The molecule has 0 aliphatic carbocycles. The maximum Gasteiger partial charge on any atom is 0.142 e. The molecule has 3 aromatic rings. The molecule has 0 unspecified atom stereocenters. The fourth-order valence-corrected chi connectivity index (χ4v) is 2.65. The molecule has 0 spiro atoms. The van der Waals surface area contributed by atoms with E-state index in [1.807, 2.05) is 25.1 Å². The fraction of sp³-hybridized carbons (Fsp3) is 0.211. The molecule has 4 nitrogen and oxygen atoms in total. The lowest BCUT2D eigenvalue weighted by molar-refractivity contribution is 0.629. The number of nitrogens with one attached hydrogen (secondary N) is 2. The second-order valence-electron chi connectivity index (χ2n) is 5.69. The highest BCUT2D eigenvalue weighted by molar-refractivity contribution is 5.92. The van der Waals surface area contributed by atoms with E-state index >= 15 is 0 Å². The Bertz CT molecular complexity index is 905. The Morgan fingerprint density at radius 1 is 1.21 bits per heavy atom. The third-order valence-corrected chi connectivity index (χ3v) is 3.96. The topological polar surface area (TPSA) is 61.7 Å². The number of rotatable bonds is 5. The van der Waals surface area contributed by atoms with Crippen LogP contribution in [0.25, 0.3) is 10.9 Å². The predicted molar refractivity (Wildman–Crippen MR) is 95.8 cm³/mol. The highest BCUT2D eigenvalue weighted by atomic mass is 19.1. The lowest BCUT2D eigenvalue weighted by Crippen LogP contribution is -2.03. The highest BCUT2D eigenvalue weighted by Gasteiger charge is 2.10. The summed E-state index contributed by atoms with van der Waals surface area (Å²) >= 11 is 0. The number of hydrogen-bond acceptors (Lipinski definition) is 4. The third-order valence-electron chi connectivity index (χ3n) is 3.96. The Labute approximate surface area is 140 Å². The number of fused-ring (bicyclic) bond motifs is 1. The molecule has 5 heteroatoms. The van der Waals surface area contributed by atoms with E-state index in [-0.39, 0.29) is 5.82 Å². The van der Waals surface area contributed by atoms with Crippen molar-refractivity contribution in [3.63, 3.8) is 0 Å². The van der Waals surface area contributed by atoms with Crippen LogP contribution in [0.3, 0.4) is 0 Å². The summed E-state index contributed by atoms with van der Waals surface area (Å²) in [6, 6.07) is 10.3. The third kappa shape index (κ3) is 3.11. The van der Waals surface area contributed by atoms with Crippen LogP contribution in [0.1, 0.15) is 30.3 Å². The van der Waals surface area contributed by atoms with Gasteiger partial charge in [-0.05, 0) is 42.7 Å². The largest absolute Gasteiger partial charge is 0.339 e. The molecule has 0 aliphatic rings. The zero-order valence-corrected chi connectivity index (χ0v) is 13.7. The van der Waals surface area contributed by atoms with Gasteiger partial charge in [-0.3, -0.25) is 0 Å². The Morgan fingerprint density at radius 2 is 2.04 bits per heavy atom. The van der Waals surface area contributed by atoms with E-state index in [0.29, 0.717) is 17.2 Å². The van der Waals surface area contributed by atoms with Crippen LogP contribution < -0.4 is 5.32 Å². The quantitative estimate of drug-likeness (QED) is 0.665. The second kappa shape index (κ2) is 6.74. The fourth-order valence-electron chi connectivity index (χ4n) is 2.65. The summed E-state index contributed by atoms with van der Waals surface area (Å²) in [6.45, 7) is 4.02. The van der Waals surface area contributed by atoms with Crippen molar-refractivity contribution in [1.29, 1.82) is 5.41 Å². The summed E-state index contributed by atoms with van der Waals surface area (Å²) in [5, 5.41) is 11.6. The normalized spacial score (nSPS) is 10.8. The molecule has 0 radical (unpaired) electrons. The molecule has 0 saturated heterocycles. The SMILES string of the molecule is CCCc1nc(Nc2cccc(C=N)c2C)c2ccc(F)cc2n1. The molecule has 2 aromatic carbocycles. The molecule has 0 bridgehead atoms. The van der Waals surface area contributed by atoms with Gasteiger partial charge < -0.3 is 10.7 Å². The van der Waals surface area contributed by atoms with Crippen molar-refractivity contribution in [3.05, 3.63) is 59.2 Å². The maximum atomic E-state index is 13.6. The summed E-state index contributed by atoms with van der Waals surface area (Å²) < 4.78 is 13.6. The first-order chi connectivity index (χ1) is 11.6. The van der Waals surface area contributed by atoms with Gasteiger partial charge in [-0.2, -0.15) is 0 Å². The molecule has 122 valence electrons. The highest BCUT2D eigenvalue weighted by Crippen LogP contribution is 2.27. The zero-order chi connectivity index (χ0) is 17.1. The summed E-state index contributed by atoms with van der Waals surface area (Å²) in [6.07, 6.45) is 2.99. The number of aromatic nitrogens is 2. The molecule has 1 aromatic heterocycles. The molecular weight excluding hydrogens is 303 g/mol. The number of anilines is 2. The Hall–Kier alpha value is -2.82. The van der Waals surface area contributed by atoms with Crippen molar-refractivity contribution < 1.29 is 4.39 Å². The predicted octanol–water partition coefficient (Wildman–Crippen LogP) is 4.77. The second-order valence-corrected chi connectivity index (χ2v) is 5.69. The first kappa shape index (κ1) is 16.1. The standard InChI is InChI=1S/C19H19FN4/c1-3-5-18-22-17-10-14(20)8-9-15(17)19(24-18)23-16-7-4-6-13(11-21)12(16)2/h4,6-11,21H,3,5H2,1-2H3,(H,22,23,24). The van der Waals surface area contributed by atoms with E-state index in [1.54, 1.807) is 6.07 Å². The van der Waals surface area contributed by atoms with Crippen molar-refractivity contribution in [2.45, 2.75) is 26.7 Å². The zero-order valence-electron chi connectivity index (χ0n) is 13.7. The van der Waals surface area contributed by atoms with Crippen molar-refractivity contribution in [1.82, 2.24) is 9.97 Å². The Morgan fingerprint density at radius 3 is 2.79 bits per heavy atom. The van der Waals surface area contributed by atoms with Gasteiger partial charge in [0.05, 0.1) is 5.52 Å². The maximum absolute atomic E-state index is 13.6. The lowest BCUT2D eigenvalue weighted by atomic mass is 10.1. The molecule has 0 atom stereocenters. The van der Waals surface area contributed by atoms with E-state index in [1.165, 1.54) is 18.3 Å². The van der Waals surface area contributed by atoms with Gasteiger partial charge in [-0.15, -0.1) is 0 Å². The van der Waals surface area contributed by atoms with E-state index in [4.69, 9.17) is 5.41 Å². The molecule has 0 aliphatic heterocycles. The van der Waals surface area contributed by atoms with Crippen molar-refractivity contribution >= 4 is 28.6 Å². The number of aryl methyl sites for hydroxylation is 1. The van der Waals surface area contributed by atoms with Crippen LogP contribution in [-0.4, -0.2) is 16.2 Å². The molecule has 0 fully saturated rings. The van der Waals surface area contributed by atoms with Crippen molar-refractivity contribution in [2.75, 3.05) is 5.32 Å². The van der Waals surface area contributed by atoms with Gasteiger partial charge in [0.15, 0.2) is 0 Å². The van der Waals surface area contributed by atoms with E-state index < -0.39 is 0 Å². The number of benzene rings is 2. The van der Waals surface area contributed by atoms with Crippen LogP contribution in [0, 0.1) is 18.2 Å². The first-order valence-corrected chi connectivity index (χ1v) is 7.95. The van der Waals surface area contributed by atoms with Gasteiger partial charge in [-0.25, -0.2) is 14.4 Å². The molecule has 1 heterocycles. The van der Waals surface area contributed by atoms with Gasteiger partial charge in [0.25, 0.3) is 0 Å². The number of halogens is 1. The van der Waals surface area contributed by atoms with Crippen molar-refractivity contribution in [3.8, 4) is 0 Å². The average Bonchev–Trinajstić information content (AvgIpc) is 2.56. The van der Waals surface area contributed by atoms with E-state index in [0.717, 1.165) is 35.0 Å². The number of nitrogens with zero attached hydrogens (tertiary/aromatic N) is 2. The summed E-state index contributed by atoms with van der Waals surface area (Å²) in [5.74, 6) is 1.05. The monoisotopic (exact) mass is 322 g/mol. The van der Waals surface area contributed by atoms with Crippen LogP contribution in [0.2, 0.25) is 0 Å². The Balaban J connectivity index is 2.12. The molecule has 0 saturated carbocycles. The number of hydrogen-bond donors (Lipinski definition) is 2. The van der Waals surface area contributed by atoms with E-state index in [9.17, 15) is 4.39 Å². The summed E-state index contributed by atoms with van der Waals surface area (Å²) in [7, 11) is 0. The smallest absolute Gasteiger partial charge is 0.142 e. The van der Waals surface area contributed by atoms with Gasteiger partial charge in [0.2, 0.25) is 0 Å². The van der Waals surface area contributed by atoms with Crippen LogP contribution in [0.5, 0.6) is 0 Å². The van der Waals surface area contributed by atoms with Gasteiger partial charge in [0, 0.05) is 29.8 Å². The minimum Gasteiger partial charge on any atom is -0.339 e. The summed E-state index contributed by atoms with van der Waals surface area (Å²) in [5.41, 5.74) is 3.29. The molecule has 2 N–H and O–H groups in total. The van der Waals surface area contributed by atoms with Gasteiger partial charge in [0.1, 0.15) is 17.5 Å². The first-order valence-electron chi connectivity index (χ1n) is 7.95. The Kier molecular flexibility index (Phi) is 4.51. The van der Waals surface area contributed by atoms with Crippen LogP contribution in [0.15, 0.2) is 36.4 Å². The van der Waals surface area contributed by atoms with Gasteiger partial charge in [-0.1, -0.05) is 19.1 Å². The van der Waals surface area contributed by atoms with Crippen molar-refractivity contribution in [2.24, 2.45) is 0 Å². The molecular formula is C19H19FN4. The lowest BCUT2D eigenvalue weighted by Gasteiger charge is -2.14. The van der Waals surface area contributed by atoms with Crippen LogP contribution >= 0.6 is 0 Å². The minimum atomic E-state index is -0.309. The van der Waals surface area contributed by atoms with E-state index in [2.05, 4.69) is 22.2 Å². The van der Waals surface area contributed by atoms with Crippen LogP contribution in [0.4, 0.5) is 15.9 Å². The molecule has 3 rings (SSSR count). The van der Waals surface area contributed by atoms with Crippen LogP contribution in [-0.2, 0) is 6.42 Å². The van der Waals surface area contributed by atoms with Gasteiger partial charge >= 0.3 is 0 Å². The molecule has 24 heavy (non-hydrogen) atoms. The average molecular weight is 322 g/mol.